The summed E-state index contributed by atoms with van der Waals surface area (Å²) >= 11 is 5.84. The van der Waals surface area contributed by atoms with Crippen molar-refractivity contribution in [1.82, 2.24) is 0 Å². The number of rotatable bonds is 1. The number of aryl methyl sites for hydroxylation is 1. The van der Waals surface area contributed by atoms with Crippen LogP contribution in [0.15, 0.2) is 23.5 Å². The second-order valence-electron chi connectivity index (χ2n) is 3.08. The van der Waals surface area contributed by atoms with Gasteiger partial charge in [0.1, 0.15) is 0 Å². The van der Waals surface area contributed by atoms with Crippen LogP contribution in [0.2, 0.25) is 5.02 Å². The van der Waals surface area contributed by atoms with Crippen molar-refractivity contribution in [1.29, 1.82) is 0 Å². The molecule has 13 heavy (non-hydrogen) atoms. The first-order chi connectivity index (χ1) is 6.31. The summed E-state index contributed by atoms with van der Waals surface area (Å²) in [6.45, 7) is 0.706. The number of anilines is 1. The van der Waals surface area contributed by atoms with Crippen LogP contribution in [0.1, 0.15) is 12.0 Å². The molecule has 2 rings (SSSR count). The van der Waals surface area contributed by atoms with Crippen molar-refractivity contribution < 1.29 is 0 Å². The van der Waals surface area contributed by atoms with Crippen molar-refractivity contribution in [2.45, 2.75) is 12.8 Å². The lowest BCUT2D eigenvalue weighted by atomic mass is 10.0. The predicted octanol–water partition coefficient (Wildman–Crippen LogP) is 2.77. The summed E-state index contributed by atoms with van der Waals surface area (Å²) in [5.41, 5.74) is 2.00. The standard InChI is InChI=1S/C9H9ClN2O/c10-8-3-4-9-7(6-8)2-1-5-12(9)11-13/h3-4,6H,1-2,5H2. The molecule has 0 saturated carbocycles. The summed E-state index contributed by atoms with van der Waals surface area (Å²) in [5.74, 6) is 0. The van der Waals surface area contributed by atoms with Crippen molar-refractivity contribution in [2.75, 3.05) is 11.6 Å². The Morgan fingerprint density at radius 2 is 2.31 bits per heavy atom. The highest BCUT2D eigenvalue weighted by atomic mass is 35.5. The van der Waals surface area contributed by atoms with Crippen LogP contribution >= 0.6 is 11.6 Å². The zero-order valence-electron chi connectivity index (χ0n) is 7.03. The van der Waals surface area contributed by atoms with Gasteiger partial charge in [-0.05, 0) is 36.6 Å². The van der Waals surface area contributed by atoms with Crippen LogP contribution in [0.4, 0.5) is 5.69 Å². The second-order valence-corrected chi connectivity index (χ2v) is 3.52. The van der Waals surface area contributed by atoms with E-state index in [-0.39, 0.29) is 0 Å². The van der Waals surface area contributed by atoms with Gasteiger partial charge in [-0.1, -0.05) is 11.6 Å². The number of halogens is 1. The summed E-state index contributed by atoms with van der Waals surface area (Å²) in [4.78, 5) is 10.5. The molecule has 0 aliphatic carbocycles. The van der Waals surface area contributed by atoms with Crippen LogP contribution in [-0.4, -0.2) is 6.54 Å². The number of nitroso groups, excluding NO2 is 1. The molecule has 1 aliphatic rings. The molecule has 0 aromatic heterocycles. The van der Waals surface area contributed by atoms with E-state index in [1.54, 1.807) is 6.07 Å². The molecule has 0 amide bonds. The molecule has 1 heterocycles. The molecule has 1 aromatic carbocycles. The van der Waals surface area contributed by atoms with Crippen molar-refractivity contribution >= 4 is 17.3 Å². The van der Waals surface area contributed by atoms with E-state index in [9.17, 15) is 4.91 Å². The van der Waals surface area contributed by atoms with Gasteiger partial charge >= 0.3 is 0 Å². The fraction of sp³-hybridized carbons (Fsp3) is 0.333. The summed E-state index contributed by atoms with van der Waals surface area (Å²) in [7, 11) is 0. The minimum atomic E-state index is 0.706. The fourth-order valence-corrected chi connectivity index (χ4v) is 1.83. The molecule has 3 nitrogen and oxygen atoms in total. The fourth-order valence-electron chi connectivity index (χ4n) is 1.63. The van der Waals surface area contributed by atoms with E-state index >= 15 is 0 Å². The molecule has 0 fully saturated rings. The van der Waals surface area contributed by atoms with E-state index in [0.29, 0.717) is 11.6 Å². The lowest BCUT2D eigenvalue weighted by molar-refractivity contribution is 0.712. The van der Waals surface area contributed by atoms with Crippen molar-refractivity contribution in [3.05, 3.63) is 33.7 Å². The Labute approximate surface area is 81.2 Å². The van der Waals surface area contributed by atoms with Crippen LogP contribution in [0.5, 0.6) is 0 Å². The van der Waals surface area contributed by atoms with Gasteiger partial charge in [-0.3, -0.25) is 0 Å². The molecule has 0 atom stereocenters. The van der Waals surface area contributed by atoms with Crippen LogP contribution in [0, 0.1) is 4.91 Å². The normalized spacial score (nSPS) is 15.3. The molecule has 1 aliphatic heterocycles. The first-order valence-corrected chi connectivity index (χ1v) is 4.58. The van der Waals surface area contributed by atoms with Gasteiger partial charge in [0, 0.05) is 11.6 Å². The van der Waals surface area contributed by atoms with Crippen molar-refractivity contribution in [3.8, 4) is 0 Å². The second kappa shape index (κ2) is 3.34. The van der Waals surface area contributed by atoms with E-state index in [1.807, 2.05) is 12.1 Å². The first-order valence-electron chi connectivity index (χ1n) is 4.20. The minimum Gasteiger partial charge on any atom is -0.229 e. The SMILES string of the molecule is O=NN1CCCc2cc(Cl)ccc21. The molecule has 0 spiro atoms. The van der Waals surface area contributed by atoms with Gasteiger partial charge in [0.05, 0.1) is 11.0 Å². The van der Waals surface area contributed by atoms with Gasteiger partial charge in [0.25, 0.3) is 0 Å². The average molecular weight is 197 g/mol. The molecule has 0 saturated heterocycles. The minimum absolute atomic E-state index is 0.706. The Morgan fingerprint density at radius 1 is 1.46 bits per heavy atom. The molecule has 0 radical (unpaired) electrons. The highest BCUT2D eigenvalue weighted by Crippen LogP contribution is 2.29. The third-order valence-corrected chi connectivity index (χ3v) is 2.47. The number of benzene rings is 1. The van der Waals surface area contributed by atoms with Crippen molar-refractivity contribution in [2.24, 2.45) is 5.29 Å². The van der Waals surface area contributed by atoms with Crippen LogP contribution in [0.25, 0.3) is 0 Å². The Morgan fingerprint density at radius 3 is 3.08 bits per heavy atom. The summed E-state index contributed by atoms with van der Waals surface area (Å²) in [6, 6.07) is 5.52. The van der Waals surface area contributed by atoms with Gasteiger partial charge in [0.15, 0.2) is 0 Å². The molecule has 0 N–H and O–H groups in total. The third kappa shape index (κ3) is 1.52. The largest absolute Gasteiger partial charge is 0.229 e. The Bertz CT molecular complexity index is 340. The quantitative estimate of drug-likeness (QED) is 0.647. The van der Waals surface area contributed by atoms with Crippen LogP contribution in [-0.2, 0) is 6.42 Å². The molecule has 4 heteroatoms. The number of hydrogen-bond donors (Lipinski definition) is 0. The lowest BCUT2D eigenvalue weighted by Crippen LogP contribution is -2.23. The van der Waals surface area contributed by atoms with Gasteiger partial charge in [0.2, 0.25) is 0 Å². The van der Waals surface area contributed by atoms with Gasteiger partial charge in [-0.2, -0.15) is 0 Å². The maximum Gasteiger partial charge on any atom is 0.0659 e. The molecule has 68 valence electrons. The number of fused-ring (bicyclic) bond motifs is 1. The van der Waals surface area contributed by atoms with E-state index in [4.69, 9.17) is 11.6 Å². The summed E-state index contributed by atoms with van der Waals surface area (Å²) in [6.07, 6.45) is 1.93. The highest BCUT2D eigenvalue weighted by molar-refractivity contribution is 6.30. The lowest BCUT2D eigenvalue weighted by Gasteiger charge is -2.23. The zero-order valence-corrected chi connectivity index (χ0v) is 7.79. The average Bonchev–Trinajstić information content (AvgIpc) is 2.16. The van der Waals surface area contributed by atoms with E-state index in [1.165, 1.54) is 5.01 Å². The monoisotopic (exact) mass is 196 g/mol. The zero-order chi connectivity index (χ0) is 9.26. The van der Waals surface area contributed by atoms with Gasteiger partial charge in [-0.25, -0.2) is 5.01 Å². The van der Waals surface area contributed by atoms with E-state index in [2.05, 4.69) is 5.29 Å². The topological polar surface area (TPSA) is 32.7 Å². The first kappa shape index (κ1) is 8.51. The maximum atomic E-state index is 10.5. The Hall–Kier alpha value is -1.09. The van der Waals surface area contributed by atoms with Crippen LogP contribution in [0.3, 0.4) is 0 Å². The van der Waals surface area contributed by atoms with Gasteiger partial charge < -0.3 is 0 Å². The van der Waals surface area contributed by atoms with E-state index in [0.717, 1.165) is 24.1 Å². The smallest absolute Gasteiger partial charge is 0.0659 e. The predicted molar refractivity (Wildman–Crippen MR) is 52.9 cm³/mol. The maximum absolute atomic E-state index is 10.5. The molecule has 0 bridgehead atoms. The molecular formula is C9H9ClN2O. The summed E-state index contributed by atoms with van der Waals surface area (Å²) < 4.78 is 0. The molecule has 0 unspecified atom stereocenters. The Balaban J connectivity index is 2.45. The highest BCUT2D eigenvalue weighted by Gasteiger charge is 2.16. The Kier molecular flexibility index (Phi) is 2.19. The summed E-state index contributed by atoms with van der Waals surface area (Å²) in [5, 5.41) is 5.15. The number of hydrogen-bond acceptors (Lipinski definition) is 2. The van der Waals surface area contributed by atoms with Crippen molar-refractivity contribution in [3.63, 3.8) is 0 Å². The van der Waals surface area contributed by atoms with Gasteiger partial charge in [-0.15, -0.1) is 4.91 Å². The molecular weight excluding hydrogens is 188 g/mol. The van der Waals surface area contributed by atoms with E-state index < -0.39 is 0 Å². The number of nitrogens with zero attached hydrogens (tertiary/aromatic N) is 2. The van der Waals surface area contributed by atoms with Crippen LogP contribution < -0.4 is 5.01 Å². The molecule has 1 aromatic rings. The third-order valence-electron chi connectivity index (χ3n) is 2.23.